The van der Waals surface area contributed by atoms with E-state index in [1.807, 2.05) is 0 Å². The highest BCUT2D eigenvalue weighted by molar-refractivity contribution is 5.87. The summed E-state index contributed by atoms with van der Waals surface area (Å²) >= 11 is 0. The quantitative estimate of drug-likeness (QED) is 0.116. The van der Waals surface area contributed by atoms with Crippen molar-refractivity contribution in [1.82, 2.24) is 0 Å². The highest BCUT2D eigenvalue weighted by Gasteiger charge is 2.69. The zero-order valence-corrected chi connectivity index (χ0v) is 28.4. The number of aliphatic hydroxyl groups excluding tert-OH is 2. The first-order valence-electron chi connectivity index (χ1n) is 17.4. The molecule has 4 fully saturated rings. The number of esters is 1. The van der Waals surface area contributed by atoms with Gasteiger partial charge in [-0.25, -0.2) is 4.79 Å². The van der Waals surface area contributed by atoms with Crippen LogP contribution in [0.5, 0.6) is 11.5 Å². The number of rotatable bonds is 5. The summed E-state index contributed by atoms with van der Waals surface area (Å²) in [6, 6.07) is 4.41. The fourth-order valence-corrected chi connectivity index (χ4v) is 11.8. The van der Waals surface area contributed by atoms with Gasteiger partial charge in [0.25, 0.3) is 0 Å². The number of benzene rings is 1. The van der Waals surface area contributed by atoms with Crippen molar-refractivity contribution in [2.75, 3.05) is 13.2 Å². The molecular weight excluding hydrogens is 564 g/mol. The lowest BCUT2D eigenvalue weighted by atomic mass is 9.33. The fraction of sp³-hybridized carbons (Fsp3) is 0.718. The molecule has 0 radical (unpaired) electrons. The molecule has 45 heavy (non-hydrogen) atoms. The standard InChI is InChI=1S/C39H56O6/c1-34(2)17-19-39(24-41)20-18-37(5)26(27(39)22-34)9-11-31-35(3)15-14-32(36(4,23-40)30(35)13-16-38(31,37)6)45-33(44)12-8-25-7-10-28(42)29(43)21-25/h7-10,12,21,27,30-32,40-43H,11,13-20,22-24H2,1-6H3/b12-8+/t27-,30+,31+,32-,35-,36-,37+,38+,39+/m0/s1. The van der Waals surface area contributed by atoms with Gasteiger partial charge < -0.3 is 25.2 Å². The molecule has 0 aliphatic heterocycles. The molecule has 0 bridgehead atoms. The summed E-state index contributed by atoms with van der Waals surface area (Å²) < 4.78 is 6.10. The van der Waals surface area contributed by atoms with Gasteiger partial charge in [0.2, 0.25) is 0 Å². The molecule has 0 saturated heterocycles. The molecule has 1 aromatic rings. The van der Waals surface area contributed by atoms with E-state index >= 15 is 0 Å². The predicted molar refractivity (Wildman–Crippen MR) is 176 cm³/mol. The van der Waals surface area contributed by atoms with Crippen molar-refractivity contribution in [2.45, 2.75) is 112 Å². The Kier molecular flexibility index (Phi) is 7.88. The van der Waals surface area contributed by atoms with Crippen LogP contribution < -0.4 is 0 Å². The summed E-state index contributed by atoms with van der Waals surface area (Å²) in [6.07, 6.45) is 15.7. The average Bonchev–Trinajstić information content (AvgIpc) is 2.99. The van der Waals surface area contributed by atoms with E-state index in [1.54, 1.807) is 17.7 Å². The highest BCUT2D eigenvalue weighted by atomic mass is 16.5. The smallest absolute Gasteiger partial charge is 0.331 e. The van der Waals surface area contributed by atoms with Crippen LogP contribution in [0.15, 0.2) is 35.9 Å². The number of phenolic OH excluding ortho intramolecular Hbond substituents is 2. The van der Waals surface area contributed by atoms with E-state index in [0.29, 0.717) is 35.8 Å². The molecule has 0 amide bonds. The van der Waals surface area contributed by atoms with E-state index in [-0.39, 0.29) is 51.8 Å². The predicted octanol–water partition coefficient (Wildman–Crippen LogP) is 7.79. The van der Waals surface area contributed by atoms with Crippen molar-refractivity contribution < 1.29 is 30.0 Å². The van der Waals surface area contributed by atoms with Crippen molar-refractivity contribution in [1.29, 1.82) is 0 Å². The number of aromatic hydroxyl groups is 2. The van der Waals surface area contributed by atoms with Gasteiger partial charge >= 0.3 is 5.97 Å². The molecule has 4 saturated carbocycles. The van der Waals surface area contributed by atoms with Crippen LogP contribution in [0, 0.1) is 50.2 Å². The van der Waals surface area contributed by atoms with Gasteiger partial charge in [-0.3, -0.25) is 0 Å². The molecule has 0 spiro atoms. The molecule has 6 rings (SSSR count). The largest absolute Gasteiger partial charge is 0.504 e. The second kappa shape index (κ2) is 10.9. The minimum atomic E-state index is -0.550. The first kappa shape index (κ1) is 32.6. The maximum atomic E-state index is 13.0. The average molecular weight is 621 g/mol. The monoisotopic (exact) mass is 620 g/mol. The van der Waals surface area contributed by atoms with E-state index < -0.39 is 11.4 Å². The van der Waals surface area contributed by atoms with Crippen LogP contribution in [0.3, 0.4) is 0 Å². The summed E-state index contributed by atoms with van der Waals surface area (Å²) in [5.74, 6) is 0.242. The number of carbonyl (C=O) groups excluding carboxylic acids is 1. The molecule has 1 aromatic carbocycles. The number of phenols is 2. The Hall–Kier alpha value is -2.31. The van der Waals surface area contributed by atoms with Crippen molar-refractivity contribution in [3.05, 3.63) is 41.5 Å². The number of fused-ring (bicyclic) bond motifs is 7. The maximum absolute atomic E-state index is 13.0. The van der Waals surface area contributed by atoms with Crippen LogP contribution in [-0.4, -0.2) is 45.7 Å². The lowest BCUT2D eigenvalue weighted by molar-refractivity contribution is -0.223. The summed E-state index contributed by atoms with van der Waals surface area (Å²) in [6.45, 7) is 14.8. The molecule has 6 nitrogen and oxygen atoms in total. The fourth-order valence-electron chi connectivity index (χ4n) is 11.8. The second-order valence-electron chi connectivity index (χ2n) is 17.4. The molecule has 0 unspecified atom stereocenters. The second-order valence-corrected chi connectivity index (χ2v) is 17.4. The van der Waals surface area contributed by atoms with Crippen molar-refractivity contribution in [3.63, 3.8) is 0 Å². The van der Waals surface area contributed by atoms with E-state index in [2.05, 4.69) is 47.6 Å². The number of allylic oxidation sites excluding steroid dienone is 2. The SMILES string of the molecule is CC1(C)CC[C@]2(CO)CC[C@]3(C)C(=CC[C@@H]4[C@@]5(C)CC[C@H](OC(=O)/C=C/c6ccc(O)c(O)c6)[C@@](C)(CO)[C@@H]5CC[C@]43C)[C@@H]2C1. The molecule has 6 heteroatoms. The molecule has 248 valence electrons. The third kappa shape index (κ3) is 4.82. The molecule has 5 aliphatic carbocycles. The van der Waals surface area contributed by atoms with Gasteiger partial charge in [0.05, 0.1) is 6.61 Å². The van der Waals surface area contributed by atoms with E-state index in [4.69, 9.17) is 4.74 Å². The Balaban J connectivity index is 1.26. The summed E-state index contributed by atoms with van der Waals surface area (Å²) in [4.78, 5) is 13.0. The first-order valence-corrected chi connectivity index (χ1v) is 17.4. The van der Waals surface area contributed by atoms with Gasteiger partial charge in [0, 0.05) is 23.5 Å². The van der Waals surface area contributed by atoms with E-state index in [0.717, 1.165) is 51.4 Å². The zero-order chi connectivity index (χ0) is 32.6. The first-order chi connectivity index (χ1) is 21.1. The minimum absolute atomic E-state index is 0.00911. The molecular formula is C39H56O6. The van der Waals surface area contributed by atoms with Crippen LogP contribution in [0.2, 0.25) is 0 Å². The maximum Gasteiger partial charge on any atom is 0.331 e. The van der Waals surface area contributed by atoms with Crippen LogP contribution in [0.4, 0.5) is 0 Å². The molecule has 4 N–H and O–H groups in total. The van der Waals surface area contributed by atoms with Gasteiger partial charge in [-0.05, 0) is 127 Å². The zero-order valence-electron chi connectivity index (χ0n) is 28.4. The summed E-state index contributed by atoms with van der Waals surface area (Å²) in [5.41, 5.74) is 2.22. The Morgan fingerprint density at radius 1 is 0.889 bits per heavy atom. The molecule has 0 heterocycles. The third-order valence-electron chi connectivity index (χ3n) is 14.9. The lowest BCUT2D eigenvalue weighted by Gasteiger charge is -2.71. The number of aliphatic hydroxyl groups is 2. The Morgan fingerprint density at radius 3 is 2.31 bits per heavy atom. The highest BCUT2D eigenvalue weighted by Crippen LogP contribution is 2.75. The Morgan fingerprint density at radius 2 is 1.62 bits per heavy atom. The minimum Gasteiger partial charge on any atom is -0.504 e. The number of hydrogen-bond acceptors (Lipinski definition) is 6. The van der Waals surface area contributed by atoms with Crippen molar-refractivity contribution in [3.8, 4) is 11.5 Å². The van der Waals surface area contributed by atoms with Crippen molar-refractivity contribution in [2.24, 2.45) is 50.2 Å². The number of carbonyl (C=O) groups is 1. The van der Waals surface area contributed by atoms with Crippen LogP contribution in [0.1, 0.15) is 111 Å². The van der Waals surface area contributed by atoms with Crippen LogP contribution >= 0.6 is 0 Å². The van der Waals surface area contributed by atoms with Gasteiger partial charge in [-0.1, -0.05) is 59.3 Å². The van der Waals surface area contributed by atoms with E-state index in [1.165, 1.54) is 24.6 Å². The normalized spacial score (nSPS) is 43.8. The van der Waals surface area contributed by atoms with Crippen molar-refractivity contribution >= 4 is 12.0 Å². The number of hydrogen-bond donors (Lipinski definition) is 4. The van der Waals surface area contributed by atoms with Gasteiger partial charge in [-0.2, -0.15) is 0 Å². The topological polar surface area (TPSA) is 107 Å². The summed E-state index contributed by atoms with van der Waals surface area (Å²) in [5, 5.41) is 41.2. The van der Waals surface area contributed by atoms with Gasteiger partial charge in [-0.15, -0.1) is 0 Å². The molecule has 9 atom stereocenters. The third-order valence-corrected chi connectivity index (χ3v) is 14.9. The summed E-state index contributed by atoms with van der Waals surface area (Å²) in [7, 11) is 0. The van der Waals surface area contributed by atoms with Gasteiger partial charge in [0.15, 0.2) is 11.5 Å². The lowest BCUT2D eigenvalue weighted by Crippen LogP contribution is -2.66. The van der Waals surface area contributed by atoms with E-state index in [9.17, 15) is 25.2 Å². The van der Waals surface area contributed by atoms with Gasteiger partial charge in [0.1, 0.15) is 6.10 Å². The Bertz CT molecular complexity index is 1400. The van der Waals surface area contributed by atoms with Crippen LogP contribution in [0.25, 0.3) is 6.08 Å². The molecule has 5 aliphatic rings. The van der Waals surface area contributed by atoms with Crippen LogP contribution in [-0.2, 0) is 9.53 Å². The molecule has 0 aromatic heterocycles. The Labute approximate surface area is 270 Å². The number of ether oxygens (including phenoxy) is 1.